The number of benzene rings is 1. The Morgan fingerprint density at radius 1 is 1.31 bits per heavy atom. The number of carbonyl (C=O) groups excluding carboxylic acids is 2. The average molecular weight is 402 g/mol. The number of nitrogens with one attached hydrogen (secondary N) is 2. The number of hydrogen-bond donors (Lipinski definition) is 4. The largest absolute Gasteiger partial charge is 0.469 e. The van der Waals surface area contributed by atoms with E-state index in [0.717, 1.165) is 11.1 Å². The van der Waals surface area contributed by atoms with E-state index in [1.807, 2.05) is 24.3 Å². The Bertz CT molecular complexity index is 962. The van der Waals surface area contributed by atoms with Crippen molar-refractivity contribution in [1.29, 1.82) is 5.41 Å². The first-order chi connectivity index (χ1) is 13.7. The van der Waals surface area contributed by atoms with E-state index >= 15 is 0 Å². The highest BCUT2D eigenvalue weighted by Gasteiger charge is 2.15. The van der Waals surface area contributed by atoms with Crippen molar-refractivity contribution in [1.82, 2.24) is 14.5 Å². The van der Waals surface area contributed by atoms with Gasteiger partial charge in [-0.15, -0.1) is 0 Å². The van der Waals surface area contributed by atoms with Crippen molar-refractivity contribution >= 4 is 23.5 Å². The van der Waals surface area contributed by atoms with Gasteiger partial charge in [0.15, 0.2) is 0 Å². The van der Waals surface area contributed by atoms with Gasteiger partial charge in [0.2, 0.25) is 5.91 Å². The second-order valence-corrected chi connectivity index (χ2v) is 6.62. The maximum atomic E-state index is 12.0. The minimum absolute atomic E-state index is 0.0980. The molecular weight excluding hydrogens is 376 g/mol. The van der Waals surface area contributed by atoms with Gasteiger partial charge >= 0.3 is 11.7 Å². The van der Waals surface area contributed by atoms with Gasteiger partial charge in [0.1, 0.15) is 17.3 Å². The summed E-state index contributed by atoms with van der Waals surface area (Å²) in [7, 11) is 1.34. The number of rotatable bonds is 9. The molecule has 0 radical (unpaired) electrons. The SMILES string of the molecule is COC(=O)Cc1cccc(CN(CCCn2c(N)c(C(=N)N)[nH]c2=O)C(C)=O)c1. The number of amidine groups is 1. The number of nitrogens with zero attached hydrogens (tertiary/aromatic N) is 2. The Morgan fingerprint density at radius 2 is 2.00 bits per heavy atom. The first-order valence-corrected chi connectivity index (χ1v) is 9.05. The van der Waals surface area contributed by atoms with Crippen molar-refractivity contribution in [2.75, 3.05) is 19.4 Å². The summed E-state index contributed by atoms with van der Waals surface area (Å²) in [6.07, 6.45) is 0.652. The number of ether oxygens (including phenoxy) is 1. The van der Waals surface area contributed by atoms with Crippen LogP contribution in [0.1, 0.15) is 30.2 Å². The maximum Gasteiger partial charge on any atom is 0.327 e. The number of aromatic amines is 1. The fourth-order valence-corrected chi connectivity index (χ4v) is 2.97. The first-order valence-electron chi connectivity index (χ1n) is 9.05. The van der Waals surface area contributed by atoms with Crippen LogP contribution in [0, 0.1) is 5.41 Å². The highest BCUT2D eigenvalue weighted by molar-refractivity contribution is 5.97. The lowest BCUT2D eigenvalue weighted by Crippen LogP contribution is -2.30. The second-order valence-electron chi connectivity index (χ2n) is 6.62. The lowest BCUT2D eigenvalue weighted by atomic mass is 10.1. The standard InChI is InChI=1S/C19H26N6O4/c1-12(26)24(11-14-6-3-5-13(9-14)10-15(27)29-2)7-4-8-25-18(22)16(17(20)21)23-19(25)28/h3,5-6,9H,4,7-8,10-11,22H2,1-2H3,(H3,20,21)(H,23,28). The number of methoxy groups -OCH3 is 1. The summed E-state index contributed by atoms with van der Waals surface area (Å²) in [4.78, 5) is 39.6. The van der Waals surface area contributed by atoms with Crippen LogP contribution in [-0.2, 0) is 33.8 Å². The van der Waals surface area contributed by atoms with E-state index in [1.165, 1.54) is 18.6 Å². The van der Waals surface area contributed by atoms with Crippen molar-refractivity contribution in [2.45, 2.75) is 32.9 Å². The third-order valence-electron chi connectivity index (χ3n) is 4.49. The Labute approximate surface area is 167 Å². The zero-order valence-electron chi connectivity index (χ0n) is 16.5. The molecule has 0 atom stereocenters. The number of imidazole rings is 1. The van der Waals surface area contributed by atoms with Gasteiger partial charge in [-0.25, -0.2) is 4.79 Å². The van der Waals surface area contributed by atoms with Crippen LogP contribution in [0.5, 0.6) is 0 Å². The summed E-state index contributed by atoms with van der Waals surface area (Å²) in [5.41, 5.74) is 12.6. The Hall–Kier alpha value is -3.56. The molecule has 0 aliphatic rings. The van der Waals surface area contributed by atoms with Gasteiger partial charge in [-0.2, -0.15) is 0 Å². The van der Waals surface area contributed by atoms with Gasteiger partial charge in [-0.05, 0) is 17.5 Å². The molecule has 156 valence electrons. The van der Waals surface area contributed by atoms with E-state index in [0.29, 0.717) is 19.5 Å². The quantitative estimate of drug-likeness (QED) is 0.266. The predicted molar refractivity (Wildman–Crippen MR) is 108 cm³/mol. The third-order valence-corrected chi connectivity index (χ3v) is 4.49. The molecule has 1 heterocycles. The molecule has 10 nitrogen and oxygen atoms in total. The summed E-state index contributed by atoms with van der Waals surface area (Å²) in [6.45, 7) is 2.53. The van der Waals surface area contributed by atoms with Crippen molar-refractivity contribution in [2.24, 2.45) is 5.73 Å². The second kappa shape index (κ2) is 9.58. The van der Waals surface area contributed by atoms with Gasteiger partial charge in [0.05, 0.1) is 13.5 Å². The monoisotopic (exact) mass is 402 g/mol. The number of aromatic nitrogens is 2. The smallest absolute Gasteiger partial charge is 0.327 e. The molecule has 0 aliphatic carbocycles. The highest BCUT2D eigenvalue weighted by atomic mass is 16.5. The van der Waals surface area contributed by atoms with Crippen LogP contribution < -0.4 is 17.2 Å². The highest BCUT2D eigenvalue weighted by Crippen LogP contribution is 2.12. The molecule has 0 saturated carbocycles. The molecule has 1 aromatic heterocycles. The number of esters is 1. The first kappa shape index (κ1) is 21.7. The molecule has 2 aromatic rings. The lowest BCUT2D eigenvalue weighted by molar-refractivity contribution is -0.139. The van der Waals surface area contributed by atoms with Crippen molar-refractivity contribution in [3.63, 3.8) is 0 Å². The number of nitrogens with two attached hydrogens (primary N) is 2. The molecule has 2 rings (SSSR count). The minimum atomic E-state index is -0.447. The molecule has 10 heteroatoms. The molecule has 0 bridgehead atoms. The molecule has 0 spiro atoms. The van der Waals surface area contributed by atoms with Crippen LogP contribution in [0.25, 0.3) is 0 Å². The summed E-state index contributed by atoms with van der Waals surface area (Å²) in [6, 6.07) is 7.40. The van der Waals surface area contributed by atoms with Crippen LogP contribution in [0.2, 0.25) is 0 Å². The zero-order valence-corrected chi connectivity index (χ0v) is 16.5. The molecule has 29 heavy (non-hydrogen) atoms. The van der Waals surface area contributed by atoms with Crippen molar-refractivity contribution in [3.05, 3.63) is 51.6 Å². The number of amides is 1. The van der Waals surface area contributed by atoms with Gasteiger partial charge < -0.3 is 26.1 Å². The Morgan fingerprint density at radius 3 is 2.59 bits per heavy atom. The molecule has 0 fully saturated rings. The number of anilines is 1. The third kappa shape index (κ3) is 5.71. The molecule has 1 amide bonds. The molecule has 0 saturated heterocycles. The molecule has 6 N–H and O–H groups in total. The lowest BCUT2D eigenvalue weighted by Gasteiger charge is -2.21. The number of H-pyrrole nitrogens is 1. The van der Waals surface area contributed by atoms with Crippen LogP contribution in [0.15, 0.2) is 29.1 Å². The van der Waals surface area contributed by atoms with Crippen LogP contribution in [-0.4, -0.2) is 45.8 Å². The average Bonchev–Trinajstić information content (AvgIpc) is 2.95. The fraction of sp³-hybridized carbons (Fsp3) is 0.368. The fourth-order valence-electron chi connectivity index (χ4n) is 2.97. The molecule has 0 aliphatic heterocycles. The van der Waals surface area contributed by atoms with Crippen LogP contribution in [0.3, 0.4) is 0 Å². The van der Waals surface area contributed by atoms with Crippen LogP contribution in [0.4, 0.5) is 5.82 Å². The van der Waals surface area contributed by atoms with Crippen LogP contribution >= 0.6 is 0 Å². The van der Waals surface area contributed by atoms with Crippen molar-refractivity contribution in [3.8, 4) is 0 Å². The summed E-state index contributed by atoms with van der Waals surface area (Å²) >= 11 is 0. The van der Waals surface area contributed by atoms with Crippen molar-refractivity contribution < 1.29 is 14.3 Å². The summed E-state index contributed by atoms with van der Waals surface area (Å²) in [5, 5.41) is 7.42. The molecule has 1 aromatic carbocycles. The summed E-state index contributed by atoms with van der Waals surface area (Å²) < 4.78 is 5.98. The topological polar surface area (TPSA) is 160 Å². The van der Waals surface area contributed by atoms with E-state index in [1.54, 1.807) is 4.90 Å². The predicted octanol–water partition coefficient (Wildman–Crippen LogP) is 0.197. The van der Waals surface area contributed by atoms with E-state index in [-0.39, 0.29) is 42.2 Å². The number of carbonyl (C=O) groups is 2. The van der Waals surface area contributed by atoms with E-state index in [9.17, 15) is 14.4 Å². The zero-order chi connectivity index (χ0) is 21.6. The Balaban J connectivity index is 2.02. The maximum absolute atomic E-state index is 12.0. The van der Waals surface area contributed by atoms with E-state index < -0.39 is 5.69 Å². The van der Waals surface area contributed by atoms with Gasteiger partial charge in [0.25, 0.3) is 0 Å². The van der Waals surface area contributed by atoms with Gasteiger partial charge in [-0.3, -0.25) is 19.6 Å². The van der Waals surface area contributed by atoms with E-state index in [4.69, 9.17) is 16.9 Å². The molecular formula is C19H26N6O4. The van der Waals surface area contributed by atoms with Gasteiger partial charge in [-0.1, -0.05) is 24.3 Å². The molecule has 0 unspecified atom stereocenters. The number of hydrogen-bond acceptors (Lipinski definition) is 6. The Kier molecular flexibility index (Phi) is 7.18. The normalized spacial score (nSPS) is 10.6. The van der Waals surface area contributed by atoms with Gasteiger partial charge in [0, 0.05) is 26.6 Å². The minimum Gasteiger partial charge on any atom is -0.469 e. The summed E-state index contributed by atoms with van der Waals surface area (Å²) in [5.74, 6) is -0.643. The van der Waals surface area contributed by atoms with E-state index in [2.05, 4.69) is 9.72 Å². The number of nitrogen functional groups attached to an aromatic ring is 2.